The van der Waals surface area contributed by atoms with Crippen LogP contribution in [0, 0.1) is 0 Å². The van der Waals surface area contributed by atoms with E-state index < -0.39 is 0 Å². The van der Waals surface area contributed by atoms with E-state index >= 15 is 0 Å². The Labute approximate surface area is 101 Å². The molecule has 6 heteroatoms. The Morgan fingerprint density at radius 2 is 2.29 bits per heavy atom. The number of nitrogens with zero attached hydrogens (tertiary/aromatic N) is 1. The van der Waals surface area contributed by atoms with Gasteiger partial charge in [0, 0.05) is 32.6 Å². The van der Waals surface area contributed by atoms with E-state index in [2.05, 4.69) is 22.8 Å². The maximum atomic E-state index is 11.6. The highest BCUT2D eigenvalue weighted by molar-refractivity contribution is 6.39. The van der Waals surface area contributed by atoms with E-state index in [9.17, 15) is 9.59 Å². The average molecular weight is 241 g/mol. The molecule has 0 unspecified atom stereocenters. The van der Waals surface area contributed by atoms with Crippen LogP contribution in [0.4, 0.5) is 0 Å². The first-order valence-electron chi connectivity index (χ1n) is 5.95. The van der Waals surface area contributed by atoms with Gasteiger partial charge in [-0.3, -0.25) is 9.59 Å². The number of hydrazone groups is 1. The molecule has 1 aliphatic rings. The van der Waals surface area contributed by atoms with Crippen LogP contribution in [0.2, 0.25) is 0 Å². The van der Waals surface area contributed by atoms with Crippen LogP contribution in [0.15, 0.2) is 5.10 Å². The number of ether oxygens (including phenoxy) is 1. The SMILES string of the molecule is CCCOCCCNC(=O)C1=NNC(=O)CC1. The number of carbonyl (C=O) groups excluding carboxylic acids is 2. The molecule has 0 spiro atoms. The smallest absolute Gasteiger partial charge is 0.267 e. The second-order valence-electron chi connectivity index (χ2n) is 3.82. The average Bonchev–Trinajstić information content (AvgIpc) is 2.34. The van der Waals surface area contributed by atoms with E-state index in [1.165, 1.54) is 0 Å². The predicted molar refractivity (Wildman–Crippen MR) is 63.5 cm³/mol. The normalized spacial score (nSPS) is 15.1. The molecule has 96 valence electrons. The third-order valence-corrected chi connectivity index (χ3v) is 2.27. The fourth-order valence-corrected chi connectivity index (χ4v) is 1.36. The highest BCUT2D eigenvalue weighted by Crippen LogP contribution is 1.99. The fourth-order valence-electron chi connectivity index (χ4n) is 1.36. The summed E-state index contributed by atoms with van der Waals surface area (Å²) in [5, 5.41) is 6.46. The second kappa shape index (κ2) is 7.78. The Morgan fingerprint density at radius 1 is 1.47 bits per heavy atom. The molecule has 0 aromatic heterocycles. The van der Waals surface area contributed by atoms with Crippen LogP contribution in [-0.2, 0) is 14.3 Å². The molecule has 1 heterocycles. The molecule has 1 aliphatic heterocycles. The third kappa shape index (κ3) is 5.44. The standard InChI is InChI=1S/C11H19N3O3/c1-2-7-17-8-3-6-12-11(16)9-4-5-10(15)14-13-9/h2-8H2,1H3,(H,12,16)(H,14,15). The highest BCUT2D eigenvalue weighted by Gasteiger charge is 2.17. The summed E-state index contributed by atoms with van der Waals surface area (Å²) in [7, 11) is 0. The Bertz CT molecular complexity index is 302. The lowest BCUT2D eigenvalue weighted by Crippen LogP contribution is -2.37. The van der Waals surface area contributed by atoms with E-state index in [0.717, 1.165) is 19.4 Å². The molecule has 2 amide bonds. The van der Waals surface area contributed by atoms with E-state index in [1.54, 1.807) is 0 Å². The van der Waals surface area contributed by atoms with Gasteiger partial charge in [0.1, 0.15) is 5.71 Å². The molecule has 0 atom stereocenters. The molecule has 0 aliphatic carbocycles. The van der Waals surface area contributed by atoms with E-state index in [4.69, 9.17) is 4.74 Å². The summed E-state index contributed by atoms with van der Waals surface area (Å²) in [5.74, 6) is -0.352. The summed E-state index contributed by atoms with van der Waals surface area (Å²) in [6.45, 7) is 4.02. The minimum absolute atomic E-state index is 0.144. The van der Waals surface area contributed by atoms with Gasteiger partial charge in [-0.05, 0) is 12.8 Å². The summed E-state index contributed by atoms with van der Waals surface area (Å²) in [6.07, 6.45) is 2.52. The van der Waals surface area contributed by atoms with Gasteiger partial charge in [-0.1, -0.05) is 6.92 Å². The Hall–Kier alpha value is -1.43. The van der Waals surface area contributed by atoms with Gasteiger partial charge >= 0.3 is 0 Å². The van der Waals surface area contributed by atoms with Crippen molar-refractivity contribution in [2.75, 3.05) is 19.8 Å². The van der Waals surface area contributed by atoms with Gasteiger partial charge in [-0.2, -0.15) is 5.10 Å². The number of hydrogen-bond donors (Lipinski definition) is 2. The first-order valence-corrected chi connectivity index (χ1v) is 5.95. The maximum absolute atomic E-state index is 11.6. The van der Waals surface area contributed by atoms with Gasteiger partial charge in [0.05, 0.1) is 0 Å². The number of carbonyl (C=O) groups is 2. The van der Waals surface area contributed by atoms with Gasteiger partial charge < -0.3 is 10.1 Å². The maximum Gasteiger partial charge on any atom is 0.267 e. The topological polar surface area (TPSA) is 79.8 Å². The number of hydrogen-bond acceptors (Lipinski definition) is 4. The van der Waals surface area contributed by atoms with Crippen molar-refractivity contribution >= 4 is 17.5 Å². The van der Waals surface area contributed by atoms with Crippen molar-refractivity contribution in [3.8, 4) is 0 Å². The van der Waals surface area contributed by atoms with Crippen LogP contribution in [-0.4, -0.2) is 37.3 Å². The molecule has 2 N–H and O–H groups in total. The zero-order chi connectivity index (χ0) is 12.5. The molecule has 0 radical (unpaired) electrons. The van der Waals surface area contributed by atoms with E-state index in [-0.39, 0.29) is 11.8 Å². The molecule has 0 saturated carbocycles. The summed E-state index contributed by atoms with van der Waals surface area (Å²) in [6, 6.07) is 0. The van der Waals surface area contributed by atoms with Gasteiger partial charge in [-0.15, -0.1) is 0 Å². The molecule has 6 nitrogen and oxygen atoms in total. The van der Waals surface area contributed by atoms with Crippen molar-refractivity contribution in [2.45, 2.75) is 32.6 Å². The van der Waals surface area contributed by atoms with Crippen LogP contribution < -0.4 is 10.7 Å². The van der Waals surface area contributed by atoms with E-state index in [1.807, 2.05) is 0 Å². The third-order valence-electron chi connectivity index (χ3n) is 2.27. The van der Waals surface area contributed by atoms with Crippen LogP contribution in [0.5, 0.6) is 0 Å². The molecule has 1 rings (SSSR count). The minimum atomic E-state index is -0.208. The van der Waals surface area contributed by atoms with E-state index in [0.29, 0.717) is 31.7 Å². The van der Waals surface area contributed by atoms with Crippen molar-refractivity contribution in [2.24, 2.45) is 5.10 Å². The molecule has 0 fully saturated rings. The monoisotopic (exact) mass is 241 g/mol. The molecule has 0 aromatic carbocycles. The quantitative estimate of drug-likeness (QED) is 0.624. The lowest BCUT2D eigenvalue weighted by molar-refractivity contribution is -0.121. The van der Waals surface area contributed by atoms with Crippen LogP contribution in [0.3, 0.4) is 0 Å². The first kappa shape index (κ1) is 13.6. The zero-order valence-corrected chi connectivity index (χ0v) is 10.1. The summed E-state index contributed by atoms with van der Waals surface area (Å²) < 4.78 is 5.29. The van der Waals surface area contributed by atoms with Gasteiger partial charge in [0.25, 0.3) is 5.91 Å². The Morgan fingerprint density at radius 3 is 2.94 bits per heavy atom. The zero-order valence-electron chi connectivity index (χ0n) is 10.1. The van der Waals surface area contributed by atoms with Crippen molar-refractivity contribution in [3.05, 3.63) is 0 Å². The largest absolute Gasteiger partial charge is 0.381 e. The summed E-state index contributed by atoms with van der Waals surface area (Å²) >= 11 is 0. The molecule has 0 aromatic rings. The molecule has 17 heavy (non-hydrogen) atoms. The fraction of sp³-hybridized carbons (Fsp3) is 0.727. The number of nitrogens with one attached hydrogen (secondary N) is 2. The number of rotatable bonds is 7. The van der Waals surface area contributed by atoms with Crippen molar-refractivity contribution < 1.29 is 14.3 Å². The van der Waals surface area contributed by atoms with Gasteiger partial charge in [-0.25, -0.2) is 5.43 Å². The minimum Gasteiger partial charge on any atom is -0.381 e. The van der Waals surface area contributed by atoms with Gasteiger partial charge in [0.2, 0.25) is 5.91 Å². The predicted octanol–water partition coefficient (Wildman–Crippen LogP) is 0.185. The molecule has 0 bridgehead atoms. The summed E-state index contributed by atoms with van der Waals surface area (Å²) in [4.78, 5) is 22.4. The Kier molecular flexibility index (Phi) is 6.24. The lowest BCUT2D eigenvalue weighted by Gasteiger charge is -2.11. The van der Waals surface area contributed by atoms with Gasteiger partial charge in [0.15, 0.2) is 0 Å². The van der Waals surface area contributed by atoms with Crippen molar-refractivity contribution in [1.82, 2.24) is 10.7 Å². The number of amides is 2. The van der Waals surface area contributed by atoms with Crippen molar-refractivity contribution in [1.29, 1.82) is 0 Å². The highest BCUT2D eigenvalue weighted by atomic mass is 16.5. The van der Waals surface area contributed by atoms with Crippen LogP contribution >= 0.6 is 0 Å². The molecule has 0 saturated heterocycles. The molecular weight excluding hydrogens is 222 g/mol. The lowest BCUT2D eigenvalue weighted by atomic mass is 10.1. The molecular formula is C11H19N3O3. The Balaban J connectivity index is 2.11. The van der Waals surface area contributed by atoms with Crippen LogP contribution in [0.25, 0.3) is 0 Å². The van der Waals surface area contributed by atoms with Crippen LogP contribution in [0.1, 0.15) is 32.6 Å². The first-order chi connectivity index (χ1) is 8.24. The summed E-state index contributed by atoms with van der Waals surface area (Å²) in [5.41, 5.74) is 2.68. The van der Waals surface area contributed by atoms with Crippen molar-refractivity contribution in [3.63, 3.8) is 0 Å². The second-order valence-corrected chi connectivity index (χ2v) is 3.82.